The first-order chi connectivity index (χ1) is 9.73. The molecular formula is C11H8F3NO5S. The number of hydrogen-bond donors (Lipinski definition) is 0. The van der Waals surface area contributed by atoms with E-state index in [1.54, 1.807) is 18.2 Å². The summed E-state index contributed by atoms with van der Waals surface area (Å²) >= 11 is 0. The van der Waals surface area contributed by atoms with E-state index in [-0.39, 0.29) is 5.89 Å². The fourth-order valence-corrected chi connectivity index (χ4v) is 1.74. The number of aromatic nitrogens is 1. The molecule has 0 aliphatic carbocycles. The maximum absolute atomic E-state index is 12.2. The Morgan fingerprint density at radius 2 is 2.00 bits per heavy atom. The molecule has 0 unspecified atom stereocenters. The van der Waals surface area contributed by atoms with Gasteiger partial charge in [0.15, 0.2) is 6.26 Å². The van der Waals surface area contributed by atoms with E-state index in [1.807, 2.05) is 0 Å². The Morgan fingerprint density at radius 3 is 2.62 bits per heavy atom. The van der Waals surface area contributed by atoms with Gasteiger partial charge in [0.1, 0.15) is 5.75 Å². The molecule has 0 fully saturated rings. The zero-order valence-electron chi connectivity index (χ0n) is 10.4. The van der Waals surface area contributed by atoms with Gasteiger partial charge >= 0.3 is 15.6 Å². The topological polar surface area (TPSA) is 78.6 Å². The number of alkyl halides is 3. The van der Waals surface area contributed by atoms with Crippen molar-refractivity contribution in [2.75, 3.05) is 7.11 Å². The standard InChI is InChI=1S/C11H8F3NO5S/c1-18-8-4-2-3-7(5-8)10-15-9(6-19-10)20-21(16,17)11(12,13)14/h2-6H,1H3. The first kappa shape index (κ1) is 15.2. The summed E-state index contributed by atoms with van der Waals surface area (Å²) in [5.74, 6) is -0.456. The first-order valence-electron chi connectivity index (χ1n) is 5.33. The van der Waals surface area contributed by atoms with Gasteiger partial charge in [-0.05, 0) is 18.2 Å². The molecule has 1 aromatic heterocycles. The maximum Gasteiger partial charge on any atom is 0.534 e. The minimum absolute atomic E-state index is 0.110. The molecule has 0 saturated carbocycles. The normalized spacial score (nSPS) is 12.2. The minimum Gasteiger partial charge on any atom is -0.497 e. The van der Waals surface area contributed by atoms with E-state index in [0.717, 1.165) is 0 Å². The molecule has 114 valence electrons. The highest BCUT2D eigenvalue weighted by molar-refractivity contribution is 7.87. The van der Waals surface area contributed by atoms with E-state index in [9.17, 15) is 21.6 Å². The van der Waals surface area contributed by atoms with Crippen molar-refractivity contribution in [2.24, 2.45) is 0 Å². The predicted octanol–water partition coefficient (Wildman–Crippen LogP) is 2.58. The molecular weight excluding hydrogens is 315 g/mol. The largest absolute Gasteiger partial charge is 0.534 e. The number of oxazole rings is 1. The van der Waals surface area contributed by atoms with Crippen LogP contribution in [0.15, 0.2) is 34.9 Å². The molecule has 0 N–H and O–H groups in total. The van der Waals surface area contributed by atoms with Crippen LogP contribution >= 0.6 is 0 Å². The molecule has 6 nitrogen and oxygen atoms in total. The van der Waals surface area contributed by atoms with Crippen molar-refractivity contribution in [3.05, 3.63) is 30.5 Å². The second kappa shape index (κ2) is 5.28. The highest BCUT2D eigenvalue weighted by Crippen LogP contribution is 2.29. The molecule has 2 rings (SSSR count). The lowest BCUT2D eigenvalue weighted by Crippen LogP contribution is -2.28. The van der Waals surface area contributed by atoms with Crippen LogP contribution in [0, 0.1) is 0 Å². The van der Waals surface area contributed by atoms with Crippen LogP contribution in [-0.4, -0.2) is 26.0 Å². The number of halogens is 3. The Morgan fingerprint density at radius 1 is 1.29 bits per heavy atom. The van der Waals surface area contributed by atoms with E-state index >= 15 is 0 Å². The monoisotopic (exact) mass is 323 g/mol. The SMILES string of the molecule is COc1cccc(-c2nc(OS(=O)(=O)C(F)(F)F)co2)c1. The average molecular weight is 323 g/mol. The summed E-state index contributed by atoms with van der Waals surface area (Å²) in [5.41, 5.74) is -5.16. The van der Waals surface area contributed by atoms with Gasteiger partial charge in [0.05, 0.1) is 7.11 Å². The Bertz CT molecular complexity index is 738. The Balaban J connectivity index is 2.26. The molecule has 1 heterocycles. The van der Waals surface area contributed by atoms with Crippen LogP contribution in [-0.2, 0) is 10.1 Å². The molecule has 10 heteroatoms. The molecule has 21 heavy (non-hydrogen) atoms. The van der Waals surface area contributed by atoms with Gasteiger partial charge in [-0.1, -0.05) is 6.07 Å². The molecule has 0 spiro atoms. The molecule has 2 aromatic rings. The highest BCUT2D eigenvalue weighted by atomic mass is 32.2. The first-order valence-corrected chi connectivity index (χ1v) is 6.74. The van der Waals surface area contributed by atoms with Gasteiger partial charge in [-0.2, -0.15) is 26.6 Å². The van der Waals surface area contributed by atoms with Crippen molar-refractivity contribution in [3.63, 3.8) is 0 Å². The second-order valence-electron chi connectivity index (χ2n) is 3.71. The molecule has 0 saturated heterocycles. The van der Waals surface area contributed by atoms with Gasteiger partial charge in [-0.3, -0.25) is 0 Å². The lowest BCUT2D eigenvalue weighted by molar-refractivity contribution is -0.0501. The van der Waals surface area contributed by atoms with Crippen LogP contribution in [0.5, 0.6) is 11.6 Å². The van der Waals surface area contributed by atoms with Crippen molar-refractivity contribution < 1.29 is 34.9 Å². The average Bonchev–Trinajstić information content (AvgIpc) is 2.85. The number of hydrogen-bond acceptors (Lipinski definition) is 6. The van der Waals surface area contributed by atoms with E-state index in [4.69, 9.17) is 9.15 Å². The highest BCUT2D eigenvalue weighted by Gasteiger charge is 2.49. The number of nitrogens with zero attached hydrogens (tertiary/aromatic N) is 1. The summed E-state index contributed by atoms with van der Waals surface area (Å²) in [4.78, 5) is 3.53. The van der Waals surface area contributed by atoms with Crippen LogP contribution in [0.4, 0.5) is 13.2 Å². The molecule has 0 bridgehead atoms. The Labute approximate surface area is 117 Å². The summed E-state index contributed by atoms with van der Waals surface area (Å²) in [7, 11) is -4.35. The summed E-state index contributed by atoms with van der Waals surface area (Å²) in [6.45, 7) is 0. The predicted molar refractivity (Wildman–Crippen MR) is 64.1 cm³/mol. The van der Waals surface area contributed by atoms with Crippen LogP contribution in [0.2, 0.25) is 0 Å². The van der Waals surface area contributed by atoms with Crippen molar-refractivity contribution in [1.29, 1.82) is 0 Å². The van der Waals surface area contributed by atoms with Gasteiger partial charge in [0.25, 0.3) is 5.88 Å². The zero-order valence-corrected chi connectivity index (χ0v) is 11.2. The van der Waals surface area contributed by atoms with E-state index in [1.165, 1.54) is 13.2 Å². The van der Waals surface area contributed by atoms with Gasteiger partial charge in [0.2, 0.25) is 5.89 Å². The lowest BCUT2D eigenvalue weighted by atomic mass is 10.2. The molecule has 1 aromatic carbocycles. The summed E-state index contributed by atoms with van der Waals surface area (Å²) < 4.78 is 71.8. The zero-order chi connectivity index (χ0) is 15.7. The third-order valence-corrected chi connectivity index (χ3v) is 3.24. The summed E-state index contributed by atoms with van der Waals surface area (Å²) in [5, 5.41) is 0. The Hall–Kier alpha value is -2.23. The van der Waals surface area contributed by atoms with E-state index in [0.29, 0.717) is 17.6 Å². The van der Waals surface area contributed by atoms with Crippen molar-refractivity contribution in [2.45, 2.75) is 5.51 Å². The van der Waals surface area contributed by atoms with Gasteiger partial charge in [-0.25, -0.2) is 0 Å². The molecule has 0 atom stereocenters. The third-order valence-electron chi connectivity index (χ3n) is 2.28. The second-order valence-corrected chi connectivity index (χ2v) is 5.24. The van der Waals surface area contributed by atoms with Crippen LogP contribution in [0.3, 0.4) is 0 Å². The third kappa shape index (κ3) is 3.27. The minimum atomic E-state index is -5.78. The van der Waals surface area contributed by atoms with E-state index in [2.05, 4.69) is 9.17 Å². The fraction of sp³-hybridized carbons (Fsp3) is 0.182. The molecule has 0 radical (unpaired) electrons. The van der Waals surface area contributed by atoms with E-state index < -0.39 is 21.5 Å². The summed E-state index contributed by atoms with van der Waals surface area (Å²) in [6, 6.07) is 6.30. The van der Waals surface area contributed by atoms with Crippen molar-refractivity contribution in [3.8, 4) is 23.1 Å². The van der Waals surface area contributed by atoms with Gasteiger partial charge in [0, 0.05) is 5.56 Å². The lowest BCUT2D eigenvalue weighted by Gasteiger charge is -2.05. The van der Waals surface area contributed by atoms with Crippen molar-refractivity contribution >= 4 is 10.1 Å². The number of rotatable bonds is 4. The van der Waals surface area contributed by atoms with Crippen LogP contribution in [0.25, 0.3) is 11.5 Å². The number of ether oxygens (including phenoxy) is 1. The van der Waals surface area contributed by atoms with Gasteiger partial charge in [-0.15, -0.1) is 0 Å². The van der Waals surface area contributed by atoms with Crippen LogP contribution in [0.1, 0.15) is 0 Å². The number of benzene rings is 1. The van der Waals surface area contributed by atoms with Crippen molar-refractivity contribution in [1.82, 2.24) is 4.98 Å². The van der Waals surface area contributed by atoms with Gasteiger partial charge < -0.3 is 13.3 Å². The number of methoxy groups -OCH3 is 1. The quantitative estimate of drug-likeness (QED) is 0.635. The van der Waals surface area contributed by atoms with Crippen LogP contribution < -0.4 is 8.92 Å². The fourth-order valence-electron chi connectivity index (χ4n) is 1.35. The molecule has 0 aliphatic heterocycles. The molecule has 0 amide bonds. The smallest absolute Gasteiger partial charge is 0.497 e. The summed E-state index contributed by atoms with van der Waals surface area (Å²) in [6.07, 6.45) is 0.665. The Kier molecular flexibility index (Phi) is 3.81. The molecule has 0 aliphatic rings. The maximum atomic E-state index is 12.2.